The first-order valence-electron chi connectivity index (χ1n) is 7.03. The predicted octanol–water partition coefficient (Wildman–Crippen LogP) is 3.26. The lowest BCUT2D eigenvalue weighted by Gasteiger charge is -2.05. The molecule has 1 aromatic carbocycles. The van der Waals surface area contributed by atoms with Gasteiger partial charge in [-0.05, 0) is 30.8 Å². The Morgan fingerprint density at radius 1 is 1.35 bits per heavy atom. The molecule has 0 radical (unpaired) electrons. The van der Waals surface area contributed by atoms with E-state index in [0.717, 1.165) is 24.2 Å². The summed E-state index contributed by atoms with van der Waals surface area (Å²) in [5.74, 6) is 1.17. The van der Waals surface area contributed by atoms with Crippen LogP contribution in [-0.2, 0) is 0 Å². The number of likely N-dealkylation sites (N-methyl/N-ethyl adjacent to an activating group) is 1. The van der Waals surface area contributed by atoms with Gasteiger partial charge in [0.25, 0.3) is 0 Å². The smallest absolute Gasteiger partial charge is 0.200 e. The van der Waals surface area contributed by atoms with Crippen molar-refractivity contribution in [3.05, 3.63) is 30.0 Å². The Morgan fingerprint density at radius 2 is 2.15 bits per heavy atom. The highest BCUT2D eigenvalue weighted by Crippen LogP contribution is 2.25. The molecule has 20 heavy (non-hydrogen) atoms. The zero-order valence-corrected chi connectivity index (χ0v) is 12.2. The fourth-order valence-electron chi connectivity index (χ4n) is 1.94. The van der Waals surface area contributed by atoms with Crippen molar-refractivity contribution >= 4 is 16.8 Å². The molecule has 4 heteroatoms. The SMILES string of the molecule is CCNCCOc1ccc2oc(C(=O)C(C)C)cc2c1. The highest BCUT2D eigenvalue weighted by Gasteiger charge is 2.15. The molecule has 0 spiro atoms. The molecule has 0 unspecified atom stereocenters. The molecular weight excluding hydrogens is 254 g/mol. The van der Waals surface area contributed by atoms with E-state index in [4.69, 9.17) is 9.15 Å². The molecule has 0 amide bonds. The van der Waals surface area contributed by atoms with Crippen molar-refractivity contribution in [3.8, 4) is 5.75 Å². The van der Waals surface area contributed by atoms with Gasteiger partial charge < -0.3 is 14.5 Å². The molecule has 0 aliphatic rings. The van der Waals surface area contributed by atoms with Crippen LogP contribution >= 0.6 is 0 Å². The van der Waals surface area contributed by atoms with Gasteiger partial charge in [-0.1, -0.05) is 20.8 Å². The van der Waals surface area contributed by atoms with Gasteiger partial charge in [-0.2, -0.15) is 0 Å². The van der Waals surface area contributed by atoms with Crippen LogP contribution in [0.25, 0.3) is 11.0 Å². The van der Waals surface area contributed by atoms with Gasteiger partial charge in [0.1, 0.15) is 17.9 Å². The summed E-state index contributed by atoms with van der Waals surface area (Å²) in [5, 5.41) is 4.10. The summed E-state index contributed by atoms with van der Waals surface area (Å²) in [5.41, 5.74) is 0.716. The normalized spacial score (nSPS) is 11.2. The van der Waals surface area contributed by atoms with Crippen molar-refractivity contribution in [2.24, 2.45) is 5.92 Å². The number of furan rings is 1. The number of fused-ring (bicyclic) bond motifs is 1. The average Bonchev–Trinajstić information content (AvgIpc) is 2.85. The second-order valence-corrected chi connectivity index (χ2v) is 5.03. The number of ketones is 1. The summed E-state index contributed by atoms with van der Waals surface area (Å²) in [7, 11) is 0. The number of carbonyl (C=O) groups excluding carboxylic acids is 1. The Balaban J connectivity index is 2.11. The summed E-state index contributed by atoms with van der Waals surface area (Å²) in [6, 6.07) is 7.40. The van der Waals surface area contributed by atoms with E-state index in [-0.39, 0.29) is 11.7 Å². The standard InChI is InChI=1S/C16H21NO3/c1-4-17-7-8-19-13-5-6-14-12(9-13)10-15(20-14)16(18)11(2)3/h5-6,9-11,17H,4,7-8H2,1-3H3. The van der Waals surface area contributed by atoms with Crippen LogP contribution < -0.4 is 10.1 Å². The second-order valence-electron chi connectivity index (χ2n) is 5.03. The van der Waals surface area contributed by atoms with Gasteiger partial charge in [0.15, 0.2) is 5.76 Å². The minimum atomic E-state index is -0.0635. The van der Waals surface area contributed by atoms with Gasteiger partial charge in [0.05, 0.1) is 0 Å². The van der Waals surface area contributed by atoms with E-state index in [9.17, 15) is 4.79 Å². The first kappa shape index (κ1) is 14.6. The highest BCUT2D eigenvalue weighted by molar-refractivity contribution is 5.98. The van der Waals surface area contributed by atoms with Crippen LogP contribution in [0, 0.1) is 5.92 Å². The maximum atomic E-state index is 11.9. The van der Waals surface area contributed by atoms with Crippen LogP contribution in [0.1, 0.15) is 31.3 Å². The van der Waals surface area contributed by atoms with E-state index in [0.29, 0.717) is 18.0 Å². The molecule has 108 valence electrons. The molecule has 1 aromatic heterocycles. The largest absolute Gasteiger partial charge is 0.492 e. The Morgan fingerprint density at radius 3 is 2.85 bits per heavy atom. The molecule has 0 atom stereocenters. The van der Waals surface area contributed by atoms with E-state index in [1.54, 1.807) is 6.07 Å². The number of Topliss-reactive ketones (excluding diaryl/α,β-unsaturated/α-hetero) is 1. The van der Waals surface area contributed by atoms with Crippen LogP contribution in [0.5, 0.6) is 5.75 Å². The van der Waals surface area contributed by atoms with Crippen LogP contribution in [0.3, 0.4) is 0 Å². The third kappa shape index (κ3) is 3.39. The number of rotatable bonds is 7. The van der Waals surface area contributed by atoms with Gasteiger partial charge in [-0.3, -0.25) is 4.79 Å². The molecule has 0 saturated carbocycles. The lowest BCUT2D eigenvalue weighted by Crippen LogP contribution is -2.20. The van der Waals surface area contributed by atoms with Gasteiger partial charge in [-0.15, -0.1) is 0 Å². The number of hydrogen-bond acceptors (Lipinski definition) is 4. The van der Waals surface area contributed by atoms with Crippen molar-refractivity contribution in [2.75, 3.05) is 19.7 Å². The van der Waals surface area contributed by atoms with Crippen molar-refractivity contribution in [1.29, 1.82) is 0 Å². The van der Waals surface area contributed by atoms with Crippen LogP contribution in [0.4, 0.5) is 0 Å². The maximum absolute atomic E-state index is 11.9. The molecule has 0 fully saturated rings. The minimum absolute atomic E-state index is 0.0239. The first-order valence-corrected chi connectivity index (χ1v) is 7.03. The van der Waals surface area contributed by atoms with Gasteiger partial charge in [0, 0.05) is 17.8 Å². The number of nitrogens with one attached hydrogen (secondary N) is 1. The molecular formula is C16H21NO3. The van der Waals surface area contributed by atoms with E-state index in [1.165, 1.54) is 0 Å². The highest BCUT2D eigenvalue weighted by atomic mass is 16.5. The molecule has 0 aliphatic heterocycles. The third-order valence-electron chi connectivity index (χ3n) is 3.05. The number of hydrogen-bond donors (Lipinski definition) is 1. The molecule has 4 nitrogen and oxygen atoms in total. The van der Waals surface area contributed by atoms with Crippen LogP contribution in [0.2, 0.25) is 0 Å². The summed E-state index contributed by atoms with van der Waals surface area (Å²) in [6.45, 7) is 8.16. The average molecular weight is 275 g/mol. The van der Waals surface area contributed by atoms with Crippen molar-refractivity contribution in [1.82, 2.24) is 5.32 Å². The fraction of sp³-hybridized carbons (Fsp3) is 0.438. The predicted molar refractivity (Wildman–Crippen MR) is 79.4 cm³/mol. The quantitative estimate of drug-likeness (QED) is 0.622. The molecule has 0 aliphatic carbocycles. The topological polar surface area (TPSA) is 51.5 Å². The van der Waals surface area contributed by atoms with Gasteiger partial charge in [0.2, 0.25) is 5.78 Å². The van der Waals surface area contributed by atoms with E-state index in [1.807, 2.05) is 32.0 Å². The monoisotopic (exact) mass is 275 g/mol. The number of benzene rings is 1. The molecule has 0 saturated heterocycles. The van der Waals surface area contributed by atoms with Crippen LogP contribution in [-0.4, -0.2) is 25.5 Å². The minimum Gasteiger partial charge on any atom is -0.492 e. The summed E-state index contributed by atoms with van der Waals surface area (Å²) in [6.07, 6.45) is 0. The van der Waals surface area contributed by atoms with E-state index >= 15 is 0 Å². The third-order valence-corrected chi connectivity index (χ3v) is 3.05. The number of carbonyl (C=O) groups is 1. The second kappa shape index (κ2) is 6.57. The molecule has 2 aromatic rings. The fourth-order valence-corrected chi connectivity index (χ4v) is 1.94. The maximum Gasteiger partial charge on any atom is 0.200 e. The lowest BCUT2D eigenvalue weighted by atomic mass is 10.1. The van der Waals surface area contributed by atoms with Crippen molar-refractivity contribution in [3.63, 3.8) is 0 Å². The summed E-state index contributed by atoms with van der Waals surface area (Å²) < 4.78 is 11.2. The first-order chi connectivity index (χ1) is 9.61. The zero-order valence-electron chi connectivity index (χ0n) is 12.2. The lowest BCUT2D eigenvalue weighted by molar-refractivity contribution is 0.0913. The van der Waals surface area contributed by atoms with Gasteiger partial charge >= 0.3 is 0 Å². The van der Waals surface area contributed by atoms with E-state index in [2.05, 4.69) is 12.2 Å². The molecule has 2 rings (SSSR count). The molecule has 1 heterocycles. The van der Waals surface area contributed by atoms with Gasteiger partial charge in [-0.25, -0.2) is 0 Å². The summed E-state index contributed by atoms with van der Waals surface area (Å²) in [4.78, 5) is 11.9. The van der Waals surface area contributed by atoms with Crippen LogP contribution in [0.15, 0.2) is 28.7 Å². The number of ether oxygens (including phenoxy) is 1. The molecule has 0 bridgehead atoms. The summed E-state index contributed by atoms with van der Waals surface area (Å²) >= 11 is 0. The Kier molecular flexibility index (Phi) is 4.79. The zero-order chi connectivity index (χ0) is 14.5. The Labute approximate surface area is 119 Å². The van der Waals surface area contributed by atoms with E-state index < -0.39 is 0 Å². The Hall–Kier alpha value is -1.81. The van der Waals surface area contributed by atoms with Crippen molar-refractivity contribution < 1.29 is 13.9 Å². The van der Waals surface area contributed by atoms with Crippen molar-refractivity contribution in [2.45, 2.75) is 20.8 Å². The molecule has 1 N–H and O–H groups in total. The Bertz CT molecular complexity index is 586.